The Morgan fingerprint density at radius 1 is 1.35 bits per heavy atom. The number of nitro benzene ring substituents is 1. The third-order valence-electron chi connectivity index (χ3n) is 2.95. The number of benzene rings is 1. The first-order valence-corrected chi connectivity index (χ1v) is 6.13. The number of nitrogens with two attached hydrogens (primary N) is 1. The van der Waals surface area contributed by atoms with Crippen LogP contribution in [0.25, 0.3) is 0 Å². The highest BCUT2D eigenvalue weighted by Crippen LogP contribution is 2.32. The van der Waals surface area contributed by atoms with Gasteiger partial charge in [-0.25, -0.2) is 4.98 Å². The van der Waals surface area contributed by atoms with Gasteiger partial charge in [0.25, 0.3) is 5.69 Å². The predicted molar refractivity (Wildman–Crippen MR) is 74.7 cm³/mol. The summed E-state index contributed by atoms with van der Waals surface area (Å²) in [7, 11) is 0. The first-order chi connectivity index (χ1) is 9.50. The van der Waals surface area contributed by atoms with Crippen LogP contribution in [0.2, 0.25) is 0 Å². The maximum atomic E-state index is 10.9. The summed E-state index contributed by atoms with van der Waals surface area (Å²) < 4.78 is 5.70. The molecule has 2 N–H and O–H groups in total. The highest BCUT2D eigenvalue weighted by atomic mass is 16.6. The Morgan fingerprint density at radius 2 is 2.10 bits per heavy atom. The molecule has 1 heterocycles. The van der Waals surface area contributed by atoms with Crippen molar-refractivity contribution in [3.63, 3.8) is 0 Å². The fourth-order valence-electron chi connectivity index (χ4n) is 1.85. The summed E-state index contributed by atoms with van der Waals surface area (Å²) >= 11 is 0. The Labute approximate surface area is 116 Å². The van der Waals surface area contributed by atoms with Gasteiger partial charge in [0.05, 0.1) is 10.5 Å². The average Bonchev–Trinajstić information content (AvgIpc) is 2.41. The van der Waals surface area contributed by atoms with Gasteiger partial charge in [0, 0.05) is 23.9 Å². The van der Waals surface area contributed by atoms with Crippen molar-refractivity contribution >= 4 is 5.69 Å². The van der Waals surface area contributed by atoms with E-state index in [1.165, 1.54) is 6.07 Å². The number of aromatic nitrogens is 1. The zero-order valence-corrected chi connectivity index (χ0v) is 11.2. The first kappa shape index (κ1) is 14.0. The lowest BCUT2D eigenvalue weighted by atomic mass is 10.1. The van der Waals surface area contributed by atoms with Crippen molar-refractivity contribution in [3.05, 3.63) is 57.8 Å². The van der Waals surface area contributed by atoms with E-state index in [0.29, 0.717) is 17.2 Å². The van der Waals surface area contributed by atoms with Gasteiger partial charge in [-0.3, -0.25) is 10.1 Å². The summed E-state index contributed by atoms with van der Waals surface area (Å²) in [6, 6.07) is 8.04. The van der Waals surface area contributed by atoms with Crippen LogP contribution in [0, 0.1) is 17.0 Å². The molecule has 1 atom stereocenters. The second-order valence-electron chi connectivity index (χ2n) is 4.45. The van der Waals surface area contributed by atoms with E-state index in [2.05, 4.69) is 4.98 Å². The zero-order chi connectivity index (χ0) is 14.7. The van der Waals surface area contributed by atoms with Crippen molar-refractivity contribution in [1.82, 2.24) is 4.98 Å². The van der Waals surface area contributed by atoms with Gasteiger partial charge in [-0.05, 0) is 26.0 Å². The van der Waals surface area contributed by atoms with Gasteiger partial charge in [-0.2, -0.15) is 0 Å². The van der Waals surface area contributed by atoms with Gasteiger partial charge in [-0.1, -0.05) is 12.1 Å². The highest BCUT2D eigenvalue weighted by molar-refractivity contribution is 5.49. The van der Waals surface area contributed by atoms with E-state index in [-0.39, 0.29) is 11.7 Å². The molecule has 0 fully saturated rings. The molecule has 0 aliphatic heterocycles. The number of ether oxygens (including phenoxy) is 1. The third kappa shape index (κ3) is 2.75. The molecule has 20 heavy (non-hydrogen) atoms. The summed E-state index contributed by atoms with van der Waals surface area (Å²) in [4.78, 5) is 14.6. The number of nitro groups is 1. The van der Waals surface area contributed by atoms with Crippen molar-refractivity contribution in [3.8, 4) is 11.6 Å². The van der Waals surface area contributed by atoms with Gasteiger partial charge >= 0.3 is 0 Å². The number of nitrogens with zero attached hydrogens (tertiary/aromatic N) is 2. The van der Waals surface area contributed by atoms with E-state index < -0.39 is 4.92 Å². The average molecular weight is 273 g/mol. The monoisotopic (exact) mass is 273 g/mol. The molecular formula is C14H15N3O3. The van der Waals surface area contributed by atoms with E-state index in [9.17, 15) is 10.1 Å². The number of pyridine rings is 1. The SMILES string of the molecule is Cc1c(Oc2ncccc2C(C)N)cccc1[N+](=O)[O-]. The molecule has 1 aromatic heterocycles. The molecule has 2 rings (SSSR count). The van der Waals surface area contributed by atoms with Crippen LogP contribution in [0.3, 0.4) is 0 Å². The fraction of sp³-hybridized carbons (Fsp3) is 0.214. The number of rotatable bonds is 4. The predicted octanol–water partition coefficient (Wildman–Crippen LogP) is 3.11. The van der Waals surface area contributed by atoms with Crippen molar-refractivity contribution in [2.24, 2.45) is 5.73 Å². The van der Waals surface area contributed by atoms with Crippen LogP contribution < -0.4 is 10.5 Å². The lowest BCUT2D eigenvalue weighted by molar-refractivity contribution is -0.385. The maximum absolute atomic E-state index is 10.9. The van der Waals surface area contributed by atoms with Crippen LogP contribution in [0.5, 0.6) is 11.6 Å². The van der Waals surface area contributed by atoms with Gasteiger partial charge < -0.3 is 10.5 Å². The first-order valence-electron chi connectivity index (χ1n) is 6.13. The number of hydrogen-bond donors (Lipinski definition) is 1. The molecule has 0 aliphatic rings. The zero-order valence-electron chi connectivity index (χ0n) is 11.2. The Morgan fingerprint density at radius 3 is 2.75 bits per heavy atom. The largest absolute Gasteiger partial charge is 0.438 e. The third-order valence-corrected chi connectivity index (χ3v) is 2.95. The smallest absolute Gasteiger partial charge is 0.276 e. The lowest BCUT2D eigenvalue weighted by Crippen LogP contribution is -2.07. The van der Waals surface area contributed by atoms with Crippen molar-refractivity contribution in [1.29, 1.82) is 0 Å². The maximum Gasteiger partial charge on any atom is 0.276 e. The van der Waals surface area contributed by atoms with Gasteiger partial charge in [0.15, 0.2) is 0 Å². The molecule has 0 saturated carbocycles. The summed E-state index contributed by atoms with van der Waals surface area (Å²) in [6.45, 7) is 3.46. The lowest BCUT2D eigenvalue weighted by Gasteiger charge is -2.13. The van der Waals surface area contributed by atoms with E-state index in [1.807, 2.05) is 13.0 Å². The molecular weight excluding hydrogens is 258 g/mol. The molecule has 0 spiro atoms. The summed E-state index contributed by atoms with van der Waals surface area (Å²) in [5.41, 5.74) is 7.08. The quantitative estimate of drug-likeness (QED) is 0.682. The number of hydrogen-bond acceptors (Lipinski definition) is 5. The van der Waals surface area contributed by atoms with Crippen LogP contribution in [-0.4, -0.2) is 9.91 Å². The van der Waals surface area contributed by atoms with Crippen molar-refractivity contribution < 1.29 is 9.66 Å². The molecule has 104 valence electrons. The second kappa shape index (κ2) is 5.66. The minimum absolute atomic E-state index is 0.0146. The molecule has 6 heteroatoms. The van der Waals surface area contributed by atoms with Crippen LogP contribution in [0.15, 0.2) is 36.5 Å². The molecule has 2 aromatic rings. The summed E-state index contributed by atoms with van der Waals surface area (Å²) in [5.74, 6) is 0.769. The highest BCUT2D eigenvalue weighted by Gasteiger charge is 2.16. The molecule has 0 bridgehead atoms. The van der Waals surface area contributed by atoms with Gasteiger partial charge in [-0.15, -0.1) is 0 Å². The molecule has 0 amide bonds. The molecule has 0 saturated heterocycles. The summed E-state index contributed by atoms with van der Waals surface area (Å²) in [5, 5.41) is 10.9. The van der Waals surface area contributed by atoms with E-state index in [1.54, 1.807) is 31.3 Å². The Hall–Kier alpha value is -2.47. The Kier molecular flexibility index (Phi) is 3.95. The molecule has 1 aromatic carbocycles. The van der Waals surface area contributed by atoms with E-state index >= 15 is 0 Å². The molecule has 6 nitrogen and oxygen atoms in total. The van der Waals surface area contributed by atoms with Crippen LogP contribution in [0.4, 0.5) is 5.69 Å². The van der Waals surface area contributed by atoms with E-state index in [4.69, 9.17) is 10.5 Å². The fourth-order valence-corrected chi connectivity index (χ4v) is 1.85. The molecule has 1 unspecified atom stereocenters. The van der Waals surface area contributed by atoms with Crippen LogP contribution in [0.1, 0.15) is 24.1 Å². The molecule has 0 radical (unpaired) electrons. The minimum Gasteiger partial charge on any atom is -0.438 e. The van der Waals surface area contributed by atoms with E-state index in [0.717, 1.165) is 5.56 Å². The topological polar surface area (TPSA) is 91.3 Å². The minimum atomic E-state index is -0.437. The molecule has 0 aliphatic carbocycles. The van der Waals surface area contributed by atoms with Gasteiger partial charge in [0.1, 0.15) is 5.75 Å². The summed E-state index contributed by atoms with van der Waals surface area (Å²) in [6.07, 6.45) is 1.59. The normalized spacial score (nSPS) is 11.9. The standard InChI is InChI=1S/C14H15N3O3/c1-9-12(17(18)19)6-3-7-13(9)20-14-11(10(2)15)5-4-8-16-14/h3-8,10H,15H2,1-2H3. The van der Waals surface area contributed by atoms with Crippen molar-refractivity contribution in [2.75, 3.05) is 0 Å². The van der Waals surface area contributed by atoms with Crippen LogP contribution in [-0.2, 0) is 0 Å². The van der Waals surface area contributed by atoms with Gasteiger partial charge in [0.2, 0.25) is 5.88 Å². The van der Waals surface area contributed by atoms with Crippen molar-refractivity contribution in [2.45, 2.75) is 19.9 Å². The van der Waals surface area contributed by atoms with Crippen LogP contribution >= 0.6 is 0 Å². The Bertz CT molecular complexity index is 641. The second-order valence-corrected chi connectivity index (χ2v) is 4.45. The Balaban J connectivity index is 2.41.